The Bertz CT molecular complexity index is 759. The highest BCUT2D eigenvalue weighted by atomic mass is 15.3. The van der Waals surface area contributed by atoms with Gasteiger partial charge in [0, 0.05) is 44.0 Å². The molecule has 3 heterocycles. The zero-order chi connectivity index (χ0) is 14.8. The lowest BCUT2D eigenvalue weighted by atomic mass is 10.1. The number of hydrogen-bond acceptors (Lipinski definition) is 4. The Balaban J connectivity index is 1.56. The summed E-state index contributed by atoms with van der Waals surface area (Å²) < 4.78 is 0. The van der Waals surface area contributed by atoms with E-state index in [2.05, 4.69) is 50.1 Å². The molecular weight excluding hydrogens is 272 g/mol. The first-order chi connectivity index (χ1) is 10.9. The highest BCUT2D eigenvalue weighted by Crippen LogP contribution is 2.26. The van der Waals surface area contributed by atoms with Gasteiger partial charge in [-0.05, 0) is 24.3 Å². The number of anilines is 2. The van der Waals surface area contributed by atoms with Crippen molar-refractivity contribution >= 4 is 22.4 Å². The van der Waals surface area contributed by atoms with Gasteiger partial charge >= 0.3 is 0 Å². The molecule has 0 radical (unpaired) electrons. The van der Waals surface area contributed by atoms with E-state index in [1.807, 2.05) is 30.6 Å². The Morgan fingerprint density at radius 3 is 2.27 bits per heavy atom. The van der Waals surface area contributed by atoms with Crippen molar-refractivity contribution in [3.63, 3.8) is 0 Å². The molecule has 2 aromatic heterocycles. The quantitative estimate of drug-likeness (QED) is 0.726. The molecule has 4 heteroatoms. The number of hydrogen-bond donors (Lipinski definition) is 0. The highest BCUT2D eigenvalue weighted by Gasteiger charge is 2.19. The maximum atomic E-state index is 4.57. The molecule has 0 bridgehead atoms. The molecule has 0 atom stereocenters. The molecule has 0 aliphatic carbocycles. The van der Waals surface area contributed by atoms with Crippen molar-refractivity contribution in [3.8, 4) is 0 Å². The average molecular weight is 290 g/mol. The van der Waals surface area contributed by atoms with E-state index in [0.717, 1.165) is 37.5 Å². The van der Waals surface area contributed by atoms with Crippen LogP contribution >= 0.6 is 0 Å². The van der Waals surface area contributed by atoms with Crippen LogP contribution in [0.15, 0.2) is 60.9 Å². The molecule has 4 rings (SSSR count). The Hall–Kier alpha value is -2.62. The van der Waals surface area contributed by atoms with E-state index in [9.17, 15) is 0 Å². The van der Waals surface area contributed by atoms with E-state index in [1.165, 1.54) is 11.1 Å². The summed E-state index contributed by atoms with van der Waals surface area (Å²) in [5, 5.41) is 1.20. The second-order valence-corrected chi connectivity index (χ2v) is 5.51. The number of nitrogens with zero attached hydrogens (tertiary/aromatic N) is 4. The number of aromatic nitrogens is 2. The lowest BCUT2D eigenvalue weighted by molar-refractivity contribution is 0.648. The van der Waals surface area contributed by atoms with Crippen LogP contribution in [0.5, 0.6) is 0 Å². The van der Waals surface area contributed by atoms with Crippen molar-refractivity contribution in [2.24, 2.45) is 0 Å². The minimum absolute atomic E-state index is 0.986. The fourth-order valence-electron chi connectivity index (χ4n) is 3.06. The number of benzene rings is 1. The zero-order valence-electron chi connectivity index (χ0n) is 12.4. The van der Waals surface area contributed by atoms with Gasteiger partial charge in [0.25, 0.3) is 0 Å². The van der Waals surface area contributed by atoms with Crippen LogP contribution in [0.3, 0.4) is 0 Å². The minimum atomic E-state index is 0.986. The maximum Gasteiger partial charge on any atom is 0.128 e. The van der Waals surface area contributed by atoms with Crippen LogP contribution < -0.4 is 9.80 Å². The molecule has 1 saturated heterocycles. The summed E-state index contributed by atoms with van der Waals surface area (Å²) in [7, 11) is 0. The topological polar surface area (TPSA) is 32.3 Å². The molecule has 0 spiro atoms. The molecule has 1 aliphatic rings. The van der Waals surface area contributed by atoms with Crippen molar-refractivity contribution < 1.29 is 0 Å². The normalized spacial score (nSPS) is 15.3. The summed E-state index contributed by atoms with van der Waals surface area (Å²) in [4.78, 5) is 13.8. The van der Waals surface area contributed by atoms with Crippen molar-refractivity contribution in [2.75, 3.05) is 36.0 Å². The molecule has 0 saturated carbocycles. The van der Waals surface area contributed by atoms with E-state index in [4.69, 9.17) is 0 Å². The molecule has 110 valence electrons. The fraction of sp³-hybridized carbons (Fsp3) is 0.222. The third-order valence-corrected chi connectivity index (χ3v) is 4.21. The van der Waals surface area contributed by atoms with Gasteiger partial charge < -0.3 is 9.80 Å². The molecule has 3 aromatic rings. The van der Waals surface area contributed by atoms with Gasteiger partial charge in [-0.3, -0.25) is 4.98 Å². The maximum absolute atomic E-state index is 4.57. The lowest BCUT2D eigenvalue weighted by Crippen LogP contribution is -2.46. The number of para-hydroxylation sites is 1. The van der Waals surface area contributed by atoms with Crippen LogP contribution in [-0.2, 0) is 0 Å². The second-order valence-electron chi connectivity index (χ2n) is 5.51. The van der Waals surface area contributed by atoms with Crippen LogP contribution in [0, 0.1) is 0 Å². The summed E-state index contributed by atoms with van der Waals surface area (Å²) in [6.45, 7) is 3.96. The SMILES string of the molecule is c1ccc(N2CCN(c3cccc4cccnc34)CC2)nc1. The van der Waals surface area contributed by atoms with E-state index in [1.54, 1.807) is 0 Å². The summed E-state index contributed by atoms with van der Waals surface area (Å²) in [6.07, 6.45) is 3.73. The minimum Gasteiger partial charge on any atom is -0.366 e. The molecule has 0 unspecified atom stereocenters. The van der Waals surface area contributed by atoms with Crippen LogP contribution in [0.2, 0.25) is 0 Å². The second kappa shape index (κ2) is 5.64. The third kappa shape index (κ3) is 2.37. The Morgan fingerprint density at radius 2 is 1.45 bits per heavy atom. The van der Waals surface area contributed by atoms with Crippen LogP contribution in [0.4, 0.5) is 11.5 Å². The lowest BCUT2D eigenvalue weighted by Gasteiger charge is -2.37. The summed E-state index contributed by atoms with van der Waals surface area (Å²) in [5.41, 5.74) is 2.33. The van der Waals surface area contributed by atoms with E-state index in [-0.39, 0.29) is 0 Å². The molecule has 4 nitrogen and oxygen atoms in total. The monoisotopic (exact) mass is 290 g/mol. The van der Waals surface area contributed by atoms with Crippen LogP contribution in [0.25, 0.3) is 10.9 Å². The number of piperazine rings is 1. The van der Waals surface area contributed by atoms with E-state index < -0.39 is 0 Å². The van der Waals surface area contributed by atoms with Gasteiger partial charge in [0.05, 0.1) is 11.2 Å². The third-order valence-electron chi connectivity index (χ3n) is 4.21. The van der Waals surface area contributed by atoms with Crippen molar-refractivity contribution in [1.82, 2.24) is 9.97 Å². The van der Waals surface area contributed by atoms with Crippen LogP contribution in [-0.4, -0.2) is 36.1 Å². The fourth-order valence-corrected chi connectivity index (χ4v) is 3.06. The molecule has 0 N–H and O–H groups in total. The Kier molecular flexibility index (Phi) is 3.35. The molecular formula is C18H18N4. The molecule has 1 aromatic carbocycles. The van der Waals surface area contributed by atoms with Crippen molar-refractivity contribution in [3.05, 3.63) is 60.9 Å². The van der Waals surface area contributed by atoms with Gasteiger partial charge in [0.15, 0.2) is 0 Å². The molecule has 1 fully saturated rings. The Labute approximate surface area is 130 Å². The highest BCUT2D eigenvalue weighted by molar-refractivity contribution is 5.90. The summed E-state index contributed by atoms with van der Waals surface area (Å²) in [5.74, 6) is 1.07. The molecule has 1 aliphatic heterocycles. The summed E-state index contributed by atoms with van der Waals surface area (Å²) >= 11 is 0. The largest absolute Gasteiger partial charge is 0.366 e. The number of pyridine rings is 2. The van der Waals surface area contributed by atoms with E-state index >= 15 is 0 Å². The van der Waals surface area contributed by atoms with Gasteiger partial charge in [-0.15, -0.1) is 0 Å². The van der Waals surface area contributed by atoms with E-state index in [0.29, 0.717) is 0 Å². The van der Waals surface area contributed by atoms with Gasteiger partial charge in [0.2, 0.25) is 0 Å². The molecule has 22 heavy (non-hydrogen) atoms. The summed E-state index contributed by atoms with van der Waals surface area (Å²) in [6, 6.07) is 16.6. The molecule has 0 amide bonds. The Morgan fingerprint density at radius 1 is 0.682 bits per heavy atom. The first-order valence-electron chi connectivity index (χ1n) is 7.66. The average Bonchev–Trinajstić information content (AvgIpc) is 2.62. The van der Waals surface area contributed by atoms with Gasteiger partial charge in [0.1, 0.15) is 5.82 Å². The van der Waals surface area contributed by atoms with Gasteiger partial charge in [-0.25, -0.2) is 4.98 Å². The van der Waals surface area contributed by atoms with Crippen molar-refractivity contribution in [2.45, 2.75) is 0 Å². The van der Waals surface area contributed by atoms with Gasteiger partial charge in [-0.1, -0.05) is 24.3 Å². The van der Waals surface area contributed by atoms with Gasteiger partial charge in [-0.2, -0.15) is 0 Å². The number of fused-ring (bicyclic) bond motifs is 1. The zero-order valence-corrected chi connectivity index (χ0v) is 12.4. The van der Waals surface area contributed by atoms with Crippen LogP contribution in [0.1, 0.15) is 0 Å². The first kappa shape index (κ1) is 13.1. The standard InChI is InChI=1S/C18H18N4/c1-2-9-19-17(8-1)22-13-11-21(12-14-22)16-7-3-5-15-6-4-10-20-18(15)16/h1-10H,11-14H2. The predicted molar refractivity (Wildman–Crippen MR) is 90.4 cm³/mol. The predicted octanol–water partition coefficient (Wildman–Crippen LogP) is 2.96. The first-order valence-corrected chi connectivity index (χ1v) is 7.66. The smallest absolute Gasteiger partial charge is 0.128 e. The number of rotatable bonds is 2. The van der Waals surface area contributed by atoms with Crippen molar-refractivity contribution in [1.29, 1.82) is 0 Å².